The molecule has 0 aliphatic carbocycles. The van der Waals surface area contributed by atoms with Crippen LogP contribution < -0.4 is 51.4 Å². The van der Waals surface area contributed by atoms with Gasteiger partial charge in [0.2, 0.25) is 0 Å². The first kappa shape index (κ1) is 32.7. The third-order valence-electron chi connectivity index (χ3n) is 5.57. The Morgan fingerprint density at radius 3 is 1.28 bits per heavy atom. The fourth-order valence-electron chi connectivity index (χ4n) is 3.74. The summed E-state index contributed by atoms with van der Waals surface area (Å²) in [5.41, 5.74) is 0. The summed E-state index contributed by atoms with van der Waals surface area (Å²) in [6.07, 6.45) is 23.7. The molecule has 0 saturated heterocycles. The Hall–Kier alpha value is 1.51. The standard InChI is InChI=1S/C23H48O4S.K/c1-2-3-4-5-6-7-8-9-10-11-12-13-14-15-16-17-18-20-23(24)21-19-22-28(25,26)27;/h23-24H,2-22H2,1H3,(H,25,26,27);/q;+1/p-1. The van der Waals surface area contributed by atoms with E-state index in [9.17, 15) is 18.1 Å². The molecule has 0 heterocycles. The average Bonchev–Trinajstić information content (AvgIpc) is 2.63. The normalized spacial score (nSPS) is 12.7. The molecule has 29 heavy (non-hydrogen) atoms. The Kier molecular flexibility index (Phi) is 27.2. The molecule has 1 unspecified atom stereocenters. The number of aliphatic hydroxyl groups excluding tert-OH is 1. The smallest absolute Gasteiger partial charge is 0.748 e. The number of unbranched alkanes of at least 4 members (excludes halogenated alkanes) is 16. The molecule has 4 nitrogen and oxygen atoms in total. The fourth-order valence-corrected chi connectivity index (χ4v) is 4.27. The van der Waals surface area contributed by atoms with Crippen molar-refractivity contribution < 1.29 is 69.5 Å². The van der Waals surface area contributed by atoms with Crippen LogP contribution in [0.1, 0.15) is 135 Å². The van der Waals surface area contributed by atoms with Gasteiger partial charge in [-0.3, -0.25) is 0 Å². The van der Waals surface area contributed by atoms with Crippen LogP contribution in [0.25, 0.3) is 0 Å². The molecule has 0 amide bonds. The van der Waals surface area contributed by atoms with Crippen molar-refractivity contribution in [3.8, 4) is 0 Å². The molecular formula is C23H47KO4S. The Morgan fingerprint density at radius 1 is 0.621 bits per heavy atom. The second-order valence-corrected chi connectivity index (χ2v) is 10.0. The quantitative estimate of drug-likeness (QED) is 0.152. The van der Waals surface area contributed by atoms with E-state index in [0.29, 0.717) is 6.42 Å². The molecule has 0 radical (unpaired) electrons. The predicted octanol–water partition coefficient (Wildman–Crippen LogP) is 3.72. The zero-order chi connectivity index (χ0) is 20.9. The second-order valence-electron chi connectivity index (χ2n) is 8.50. The van der Waals surface area contributed by atoms with Crippen molar-refractivity contribution in [2.75, 3.05) is 5.75 Å². The SMILES string of the molecule is CCCCCCCCCCCCCCCCCCCC(O)CCCS(=O)(=O)[O-].[K+]. The first-order valence-corrected chi connectivity index (χ1v) is 13.6. The Bertz CT molecular complexity index is 415. The molecule has 0 spiro atoms. The van der Waals surface area contributed by atoms with Crippen LogP contribution in [0.3, 0.4) is 0 Å². The van der Waals surface area contributed by atoms with Crippen molar-refractivity contribution in [1.29, 1.82) is 0 Å². The molecule has 170 valence electrons. The molecular weight excluding hydrogens is 411 g/mol. The van der Waals surface area contributed by atoms with Crippen LogP contribution in [0, 0.1) is 0 Å². The van der Waals surface area contributed by atoms with Gasteiger partial charge in [-0.25, -0.2) is 8.42 Å². The number of hydrogen-bond donors (Lipinski definition) is 1. The van der Waals surface area contributed by atoms with Gasteiger partial charge in [0.1, 0.15) is 0 Å². The minimum Gasteiger partial charge on any atom is -0.748 e. The minimum atomic E-state index is -4.13. The summed E-state index contributed by atoms with van der Waals surface area (Å²) in [5.74, 6) is -0.358. The van der Waals surface area contributed by atoms with Crippen molar-refractivity contribution >= 4 is 10.1 Å². The predicted molar refractivity (Wildman–Crippen MR) is 119 cm³/mol. The van der Waals surface area contributed by atoms with Crippen LogP contribution in [0.2, 0.25) is 0 Å². The first-order chi connectivity index (χ1) is 13.5. The molecule has 0 aliphatic heterocycles. The molecule has 0 bridgehead atoms. The zero-order valence-electron chi connectivity index (χ0n) is 19.5. The molecule has 0 aromatic carbocycles. The van der Waals surface area contributed by atoms with Gasteiger partial charge in [0.15, 0.2) is 0 Å². The van der Waals surface area contributed by atoms with E-state index in [1.807, 2.05) is 0 Å². The van der Waals surface area contributed by atoms with E-state index in [4.69, 9.17) is 0 Å². The van der Waals surface area contributed by atoms with Gasteiger partial charge in [0, 0.05) is 5.75 Å². The largest absolute Gasteiger partial charge is 1.00 e. The maximum absolute atomic E-state index is 10.5. The summed E-state index contributed by atoms with van der Waals surface area (Å²) < 4.78 is 31.5. The van der Waals surface area contributed by atoms with E-state index in [1.54, 1.807) is 0 Å². The van der Waals surface area contributed by atoms with E-state index in [2.05, 4.69) is 6.92 Å². The monoisotopic (exact) mass is 458 g/mol. The molecule has 1 atom stereocenters. The average molecular weight is 459 g/mol. The third kappa shape index (κ3) is 29.5. The van der Waals surface area contributed by atoms with Gasteiger partial charge < -0.3 is 9.66 Å². The van der Waals surface area contributed by atoms with Gasteiger partial charge in [0.25, 0.3) is 0 Å². The van der Waals surface area contributed by atoms with Crippen LogP contribution in [-0.2, 0) is 10.1 Å². The van der Waals surface area contributed by atoms with Gasteiger partial charge in [0.05, 0.1) is 16.2 Å². The van der Waals surface area contributed by atoms with Crippen molar-refractivity contribution in [1.82, 2.24) is 0 Å². The fraction of sp³-hybridized carbons (Fsp3) is 1.00. The van der Waals surface area contributed by atoms with Crippen molar-refractivity contribution in [3.63, 3.8) is 0 Å². The Labute approximate surface area is 224 Å². The van der Waals surface area contributed by atoms with Crippen LogP contribution in [0.15, 0.2) is 0 Å². The summed E-state index contributed by atoms with van der Waals surface area (Å²) in [4.78, 5) is 0. The van der Waals surface area contributed by atoms with E-state index < -0.39 is 16.2 Å². The van der Waals surface area contributed by atoms with Gasteiger partial charge >= 0.3 is 51.4 Å². The summed E-state index contributed by atoms with van der Waals surface area (Å²) in [5, 5.41) is 9.77. The summed E-state index contributed by atoms with van der Waals surface area (Å²) in [6.45, 7) is 2.27. The Balaban J connectivity index is 0. The van der Waals surface area contributed by atoms with E-state index in [0.717, 1.165) is 19.3 Å². The minimum absolute atomic E-state index is 0. The van der Waals surface area contributed by atoms with Crippen molar-refractivity contribution in [2.45, 2.75) is 141 Å². The van der Waals surface area contributed by atoms with Crippen molar-refractivity contribution in [2.24, 2.45) is 0 Å². The van der Waals surface area contributed by atoms with E-state index in [-0.39, 0.29) is 63.6 Å². The zero-order valence-corrected chi connectivity index (χ0v) is 23.4. The van der Waals surface area contributed by atoms with Gasteiger partial charge in [-0.05, 0) is 19.3 Å². The molecule has 0 aliphatic rings. The molecule has 0 aromatic heterocycles. The van der Waals surface area contributed by atoms with Gasteiger partial charge in [-0.1, -0.05) is 116 Å². The van der Waals surface area contributed by atoms with Crippen LogP contribution >= 0.6 is 0 Å². The van der Waals surface area contributed by atoms with Crippen molar-refractivity contribution in [3.05, 3.63) is 0 Å². The number of hydrogen-bond acceptors (Lipinski definition) is 4. The summed E-state index contributed by atoms with van der Waals surface area (Å²) >= 11 is 0. The van der Waals surface area contributed by atoms with Crippen LogP contribution in [0.5, 0.6) is 0 Å². The molecule has 0 rings (SSSR count). The van der Waals surface area contributed by atoms with Crippen LogP contribution in [0.4, 0.5) is 0 Å². The van der Waals surface area contributed by atoms with Gasteiger partial charge in [-0.15, -0.1) is 0 Å². The van der Waals surface area contributed by atoms with E-state index in [1.165, 1.54) is 96.3 Å². The Morgan fingerprint density at radius 2 is 0.931 bits per heavy atom. The molecule has 6 heteroatoms. The third-order valence-corrected chi connectivity index (χ3v) is 6.36. The maximum Gasteiger partial charge on any atom is 1.00 e. The molecule has 1 N–H and O–H groups in total. The van der Waals surface area contributed by atoms with E-state index >= 15 is 0 Å². The molecule has 0 fully saturated rings. The number of rotatable bonds is 22. The second kappa shape index (κ2) is 24.2. The van der Waals surface area contributed by atoms with Gasteiger partial charge in [-0.2, -0.15) is 0 Å². The molecule has 0 aromatic rings. The molecule has 0 saturated carbocycles. The summed E-state index contributed by atoms with van der Waals surface area (Å²) in [7, 11) is -4.13. The summed E-state index contributed by atoms with van der Waals surface area (Å²) in [6, 6.07) is 0. The van der Waals surface area contributed by atoms with Crippen LogP contribution in [-0.4, -0.2) is 29.9 Å². The topological polar surface area (TPSA) is 77.4 Å². The first-order valence-electron chi connectivity index (χ1n) is 12.1. The maximum atomic E-state index is 10.5. The number of aliphatic hydroxyl groups is 1.